The van der Waals surface area contributed by atoms with Gasteiger partial charge in [-0.1, -0.05) is 49.7 Å². The summed E-state index contributed by atoms with van der Waals surface area (Å²) in [4.78, 5) is 41.8. The summed E-state index contributed by atoms with van der Waals surface area (Å²) in [5.41, 5.74) is 0.721. The van der Waals surface area contributed by atoms with Crippen molar-refractivity contribution in [2.75, 3.05) is 5.32 Å². The van der Waals surface area contributed by atoms with E-state index >= 15 is 0 Å². The second-order valence-corrected chi connectivity index (χ2v) is 8.57. The van der Waals surface area contributed by atoms with Crippen LogP contribution in [0.2, 0.25) is 0 Å². The first kappa shape index (κ1) is 21.2. The summed E-state index contributed by atoms with van der Waals surface area (Å²) in [6.45, 7) is 1.59. The molecule has 2 heterocycles. The van der Waals surface area contributed by atoms with Crippen molar-refractivity contribution in [3.05, 3.63) is 57.0 Å². The van der Waals surface area contributed by atoms with Gasteiger partial charge in [0.25, 0.3) is 5.56 Å². The number of ether oxygens (including phenoxy) is 1. The molecule has 1 aliphatic carbocycles. The molecule has 1 N–H and O–H groups in total. The second kappa shape index (κ2) is 9.38. The van der Waals surface area contributed by atoms with Crippen LogP contribution in [0.15, 0.2) is 35.1 Å². The molecule has 0 spiro atoms. The van der Waals surface area contributed by atoms with Crippen molar-refractivity contribution in [3.8, 4) is 0 Å². The highest BCUT2D eigenvalue weighted by Crippen LogP contribution is 2.34. The first-order valence-corrected chi connectivity index (χ1v) is 11.3. The zero-order valence-electron chi connectivity index (χ0n) is 17.3. The number of anilines is 1. The Morgan fingerprint density at radius 1 is 1.23 bits per heavy atom. The van der Waals surface area contributed by atoms with Gasteiger partial charge in [-0.2, -0.15) is 9.61 Å². The number of hydrogen-bond acceptors (Lipinski definition) is 7. The van der Waals surface area contributed by atoms with Crippen LogP contribution < -0.4 is 10.9 Å². The average Bonchev–Trinajstić information content (AvgIpc) is 3.23. The van der Waals surface area contributed by atoms with Crippen LogP contribution in [0.25, 0.3) is 4.96 Å². The number of amides is 1. The molecule has 1 amide bonds. The van der Waals surface area contributed by atoms with E-state index < -0.39 is 5.97 Å². The lowest BCUT2D eigenvalue weighted by atomic mass is 9.90. The van der Waals surface area contributed by atoms with E-state index in [1.54, 1.807) is 31.2 Å². The third-order valence-corrected chi connectivity index (χ3v) is 6.43. The van der Waals surface area contributed by atoms with Crippen LogP contribution in [-0.2, 0) is 16.1 Å². The lowest BCUT2D eigenvalue weighted by Gasteiger charge is -2.18. The second-order valence-electron chi connectivity index (χ2n) is 7.58. The molecule has 1 saturated carbocycles. The van der Waals surface area contributed by atoms with E-state index in [0.29, 0.717) is 28.7 Å². The molecule has 0 aliphatic heterocycles. The van der Waals surface area contributed by atoms with E-state index in [1.165, 1.54) is 41.2 Å². The number of nitrogens with zero attached hydrogens (tertiary/aromatic N) is 3. The first-order chi connectivity index (χ1) is 15.0. The highest BCUT2D eigenvalue weighted by atomic mass is 32.1. The first-order valence-electron chi connectivity index (χ1n) is 10.5. The number of para-hydroxylation sites is 1. The SMILES string of the molecule is CCC(=O)Nc1ccccc1C(=O)OCc1cc(=O)n2nc(C3CCCCC3)sc2n1. The highest BCUT2D eigenvalue weighted by molar-refractivity contribution is 7.16. The lowest BCUT2D eigenvalue weighted by molar-refractivity contribution is -0.115. The summed E-state index contributed by atoms with van der Waals surface area (Å²) >= 11 is 1.43. The molecule has 0 unspecified atom stereocenters. The number of carbonyl (C=O) groups is 2. The zero-order chi connectivity index (χ0) is 21.8. The maximum absolute atomic E-state index is 12.6. The summed E-state index contributed by atoms with van der Waals surface area (Å²) in [6.07, 6.45) is 6.10. The lowest BCUT2D eigenvalue weighted by Crippen LogP contribution is -2.18. The highest BCUT2D eigenvalue weighted by Gasteiger charge is 2.21. The van der Waals surface area contributed by atoms with E-state index in [2.05, 4.69) is 15.4 Å². The normalized spacial score (nSPS) is 14.5. The summed E-state index contributed by atoms with van der Waals surface area (Å²) in [7, 11) is 0. The number of nitrogens with one attached hydrogen (secondary N) is 1. The molecule has 31 heavy (non-hydrogen) atoms. The van der Waals surface area contributed by atoms with Gasteiger partial charge in [0.2, 0.25) is 10.9 Å². The van der Waals surface area contributed by atoms with Crippen LogP contribution in [0.4, 0.5) is 5.69 Å². The summed E-state index contributed by atoms with van der Waals surface area (Å²) in [5, 5.41) is 8.11. The Morgan fingerprint density at radius 3 is 2.77 bits per heavy atom. The fraction of sp³-hybridized carbons (Fsp3) is 0.409. The number of rotatable bonds is 6. The molecular weight excluding hydrogens is 416 g/mol. The fourth-order valence-electron chi connectivity index (χ4n) is 3.69. The third kappa shape index (κ3) is 4.82. The standard InChI is InChI=1S/C22H24N4O4S/c1-2-18(27)24-17-11-7-6-10-16(17)21(29)30-13-15-12-19(28)26-22(23-15)31-20(25-26)14-8-4-3-5-9-14/h6-7,10-12,14H,2-5,8-9,13H2,1H3,(H,24,27). The maximum Gasteiger partial charge on any atom is 0.340 e. The van der Waals surface area contributed by atoms with Gasteiger partial charge in [0.05, 0.1) is 16.9 Å². The van der Waals surface area contributed by atoms with Gasteiger partial charge < -0.3 is 10.1 Å². The smallest absolute Gasteiger partial charge is 0.340 e. The van der Waals surface area contributed by atoms with E-state index in [9.17, 15) is 14.4 Å². The summed E-state index contributed by atoms with van der Waals surface area (Å²) < 4.78 is 6.71. The van der Waals surface area contributed by atoms with Crippen LogP contribution in [0.5, 0.6) is 0 Å². The van der Waals surface area contributed by atoms with Gasteiger partial charge in [0.15, 0.2) is 0 Å². The summed E-state index contributed by atoms with van der Waals surface area (Å²) in [5.74, 6) is -0.406. The molecular formula is C22H24N4O4S. The van der Waals surface area contributed by atoms with Crippen molar-refractivity contribution in [3.63, 3.8) is 0 Å². The molecule has 0 atom stereocenters. The Balaban J connectivity index is 1.50. The third-order valence-electron chi connectivity index (χ3n) is 5.36. The topological polar surface area (TPSA) is 103 Å². The Morgan fingerprint density at radius 2 is 2.00 bits per heavy atom. The molecule has 0 radical (unpaired) electrons. The molecule has 162 valence electrons. The van der Waals surface area contributed by atoms with Gasteiger partial charge >= 0.3 is 5.97 Å². The van der Waals surface area contributed by atoms with Crippen molar-refractivity contribution in [1.29, 1.82) is 0 Å². The number of aromatic nitrogens is 3. The average molecular weight is 441 g/mol. The molecule has 1 fully saturated rings. The minimum atomic E-state index is -0.596. The van der Waals surface area contributed by atoms with Crippen molar-refractivity contribution in [1.82, 2.24) is 14.6 Å². The number of esters is 1. The molecule has 0 saturated heterocycles. The van der Waals surface area contributed by atoms with E-state index in [0.717, 1.165) is 17.8 Å². The van der Waals surface area contributed by atoms with Gasteiger partial charge in [-0.25, -0.2) is 9.78 Å². The number of benzene rings is 1. The maximum atomic E-state index is 12.6. The van der Waals surface area contributed by atoms with Crippen molar-refractivity contribution >= 4 is 33.9 Å². The predicted octanol–water partition coefficient (Wildman–Crippen LogP) is 3.90. The number of carbonyl (C=O) groups excluding carboxylic acids is 2. The van der Waals surface area contributed by atoms with Crippen molar-refractivity contribution in [2.24, 2.45) is 0 Å². The molecule has 1 aliphatic rings. The van der Waals surface area contributed by atoms with Crippen LogP contribution >= 0.6 is 11.3 Å². The minimum Gasteiger partial charge on any atom is -0.456 e. The van der Waals surface area contributed by atoms with E-state index in [1.807, 2.05) is 0 Å². The predicted molar refractivity (Wildman–Crippen MR) is 117 cm³/mol. The Kier molecular flexibility index (Phi) is 6.41. The zero-order valence-corrected chi connectivity index (χ0v) is 18.1. The Bertz CT molecular complexity index is 1160. The summed E-state index contributed by atoms with van der Waals surface area (Å²) in [6, 6.07) is 7.99. The molecule has 3 aromatic rings. The molecule has 8 nitrogen and oxygen atoms in total. The Hall–Kier alpha value is -3.07. The minimum absolute atomic E-state index is 0.142. The molecule has 2 aromatic heterocycles. The van der Waals surface area contributed by atoms with Crippen LogP contribution in [0, 0.1) is 0 Å². The van der Waals surface area contributed by atoms with Crippen LogP contribution in [-0.4, -0.2) is 26.5 Å². The molecule has 9 heteroatoms. The van der Waals surface area contributed by atoms with Gasteiger partial charge in [0.1, 0.15) is 11.6 Å². The van der Waals surface area contributed by atoms with Gasteiger partial charge in [-0.3, -0.25) is 9.59 Å². The molecule has 1 aromatic carbocycles. The van der Waals surface area contributed by atoms with E-state index in [4.69, 9.17) is 4.74 Å². The van der Waals surface area contributed by atoms with Crippen molar-refractivity contribution < 1.29 is 14.3 Å². The monoisotopic (exact) mass is 440 g/mol. The molecule has 4 rings (SSSR count). The van der Waals surface area contributed by atoms with Gasteiger partial charge in [-0.15, -0.1) is 0 Å². The quantitative estimate of drug-likeness (QED) is 0.583. The van der Waals surface area contributed by atoms with Gasteiger partial charge in [0, 0.05) is 18.4 Å². The molecule has 0 bridgehead atoms. The number of fused-ring (bicyclic) bond motifs is 1. The van der Waals surface area contributed by atoms with Crippen LogP contribution in [0.1, 0.15) is 72.4 Å². The number of hydrogen-bond donors (Lipinski definition) is 1. The van der Waals surface area contributed by atoms with Gasteiger partial charge in [-0.05, 0) is 25.0 Å². The largest absolute Gasteiger partial charge is 0.456 e. The Labute approximate surface area is 183 Å². The fourth-order valence-corrected chi connectivity index (χ4v) is 4.78. The van der Waals surface area contributed by atoms with E-state index in [-0.39, 0.29) is 23.6 Å². The van der Waals surface area contributed by atoms with Crippen molar-refractivity contribution in [2.45, 2.75) is 58.0 Å². The van der Waals surface area contributed by atoms with Crippen LogP contribution in [0.3, 0.4) is 0 Å².